The van der Waals surface area contributed by atoms with Crippen molar-refractivity contribution in [3.8, 4) is 5.75 Å². The predicted octanol–water partition coefficient (Wildman–Crippen LogP) is 4.12. The highest BCUT2D eigenvalue weighted by molar-refractivity contribution is 5.86. The van der Waals surface area contributed by atoms with Crippen LogP contribution in [-0.4, -0.2) is 19.8 Å². The maximum Gasteiger partial charge on any atom is 0.231 e. The van der Waals surface area contributed by atoms with Crippen LogP contribution < -0.4 is 4.74 Å². The second kappa shape index (κ2) is 6.03. The molecule has 1 saturated heterocycles. The van der Waals surface area contributed by atoms with Gasteiger partial charge in [-0.1, -0.05) is 60.7 Å². The third kappa shape index (κ3) is 2.69. The average Bonchev–Trinajstić information content (AvgIpc) is 3.10. The van der Waals surface area contributed by atoms with E-state index in [4.69, 9.17) is 14.2 Å². The van der Waals surface area contributed by atoms with Crippen LogP contribution >= 0.6 is 0 Å². The van der Waals surface area contributed by atoms with Gasteiger partial charge in [0.25, 0.3) is 0 Å². The molecule has 3 nitrogen and oxygen atoms in total. The summed E-state index contributed by atoms with van der Waals surface area (Å²) in [5.41, 5.74) is 1.02. The second-order valence-corrected chi connectivity index (χ2v) is 5.58. The molecule has 0 N–H and O–H groups in total. The van der Waals surface area contributed by atoms with E-state index in [0.29, 0.717) is 19.8 Å². The highest BCUT2D eigenvalue weighted by Crippen LogP contribution is 2.36. The minimum atomic E-state index is -0.850. The molecule has 0 saturated carbocycles. The van der Waals surface area contributed by atoms with E-state index in [-0.39, 0.29) is 0 Å². The minimum Gasteiger partial charge on any atom is -0.488 e. The summed E-state index contributed by atoms with van der Waals surface area (Å²) >= 11 is 0. The van der Waals surface area contributed by atoms with Gasteiger partial charge in [0.1, 0.15) is 12.4 Å². The van der Waals surface area contributed by atoms with Crippen LogP contribution in [0, 0.1) is 0 Å². The van der Waals surface area contributed by atoms with Crippen LogP contribution in [-0.2, 0) is 15.3 Å². The van der Waals surface area contributed by atoms with Gasteiger partial charge in [-0.3, -0.25) is 0 Å². The second-order valence-electron chi connectivity index (χ2n) is 5.58. The summed E-state index contributed by atoms with van der Waals surface area (Å²) in [4.78, 5) is 0. The quantitative estimate of drug-likeness (QED) is 0.726. The van der Waals surface area contributed by atoms with Gasteiger partial charge < -0.3 is 14.2 Å². The first-order valence-electron chi connectivity index (χ1n) is 7.81. The molecule has 1 heterocycles. The van der Waals surface area contributed by atoms with Crippen molar-refractivity contribution in [3.05, 3.63) is 78.4 Å². The van der Waals surface area contributed by atoms with Crippen molar-refractivity contribution in [1.29, 1.82) is 0 Å². The fraction of sp³-hybridized carbons (Fsp3) is 0.200. The van der Waals surface area contributed by atoms with Gasteiger partial charge in [0, 0.05) is 5.56 Å². The van der Waals surface area contributed by atoms with Gasteiger partial charge in [0.05, 0.1) is 13.2 Å². The Morgan fingerprint density at radius 2 is 1.48 bits per heavy atom. The summed E-state index contributed by atoms with van der Waals surface area (Å²) in [6.45, 7) is 1.47. The molecule has 3 aromatic rings. The molecule has 23 heavy (non-hydrogen) atoms. The highest BCUT2D eigenvalue weighted by Gasteiger charge is 2.40. The number of fused-ring (bicyclic) bond motifs is 1. The topological polar surface area (TPSA) is 27.7 Å². The Hall–Kier alpha value is -2.36. The summed E-state index contributed by atoms with van der Waals surface area (Å²) in [6.07, 6.45) is 0. The molecule has 3 aromatic carbocycles. The van der Waals surface area contributed by atoms with Gasteiger partial charge in [-0.05, 0) is 22.9 Å². The first-order valence-corrected chi connectivity index (χ1v) is 7.81. The van der Waals surface area contributed by atoms with E-state index in [1.807, 2.05) is 48.5 Å². The standard InChI is InChI=1S/C20H18O3/c1-2-9-17(10-3-1)21-15-20(22-13-14-23-20)19-12-6-8-16-7-4-5-11-18(16)19/h1-12H,13-15H2. The van der Waals surface area contributed by atoms with Crippen molar-refractivity contribution in [2.45, 2.75) is 5.79 Å². The molecule has 0 bridgehead atoms. The molecule has 1 aliphatic heterocycles. The molecule has 1 fully saturated rings. The highest BCUT2D eigenvalue weighted by atomic mass is 16.8. The lowest BCUT2D eigenvalue weighted by atomic mass is 9.98. The van der Waals surface area contributed by atoms with Crippen molar-refractivity contribution < 1.29 is 14.2 Å². The maximum atomic E-state index is 6.01. The smallest absolute Gasteiger partial charge is 0.231 e. The van der Waals surface area contributed by atoms with Crippen LogP contribution in [0.5, 0.6) is 5.75 Å². The fourth-order valence-electron chi connectivity index (χ4n) is 3.02. The zero-order chi connectivity index (χ0) is 15.5. The van der Waals surface area contributed by atoms with Gasteiger partial charge >= 0.3 is 0 Å². The van der Waals surface area contributed by atoms with Gasteiger partial charge in [0.2, 0.25) is 5.79 Å². The molecule has 4 rings (SSSR count). The van der Waals surface area contributed by atoms with E-state index in [2.05, 4.69) is 24.3 Å². The number of hydrogen-bond donors (Lipinski definition) is 0. The maximum absolute atomic E-state index is 6.01. The molecule has 1 aliphatic rings. The van der Waals surface area contributed by atoms with Gasteiger partial charge in [-0.25, -0.2) is 0 Å². The molecule has 116 valence electrons. The Bertz CT molecular complexity index is 787. The molecule has 0 atom stereocenters. The molecule has 0 spiro atoms. The molecule has 0 aliphatic carbocycles. The van der Waals surface area contributed by atoms with Crippen LogP contribution in [0.15, 0.2) is 72.8 Å². The Labute approximate surface area is 135 Å². The van der Waals surface area contributed by atoms with Gasteiger partial charge in [-0.15, -0.1) is 0 Å². The molecular weight excluding hydrogens is 288 g/mol. The van der Waals surface area contributed by atoms with E-state index < -0.39 is 5.79 Å². The van der Waals surface area contributed by atoms with Crippen LogP contribution in [0.1, 0.15) is 5.56 Å². The summed E-state index contributed by atoms with van der Waals surface area (Å²) in [7, 11) is 0. The predicted molar refractivity (Wildman–Crippen MR) is 89.5 cm³/mol. The van der Waals surface area contributed by atoms with Crippen molar-refractivity contribution in [3.63, 3.8) is 0 Å². The normalized spacial score (nSPS) is 16.5. The van der Waals surface area contributed by atoms with Crippen LogP contribution in [0.25, 0.3) is 10.8 Å². The van der Waals surface area contributed by atoms with Gasteiger partial charge in [0.15, 0.2) is 0 Å². The monoisotopic (exact) mass is 306 g/mol. The van der Waals surface area contributed by atoms with Crippen molar-refractivity contribution >= 4 is 10.8 Å². The first kappa shape index (κ1) is 14.2. The third-order valence-corrected chi connectivity index (χ3v) is 4.13. The third-order valence-electron chi connectivity index (χ3n) is 4.13. The first-order chi connectivity index (χ1) is 11.4. The lowest BCUT2D eigenvalue weighted by Crippen LogP contribution is -2.34. The zero-order valence-corrected chi connectivity index (χ0v) is 12.8. The number of para-hydroxylation sites is 1. The number of rotatable bonds is 4. The lowest BCUT2D eigenvalue weighted by molar-refractivity contribution is -0.184. The average molecular weight is 306 g/mol. The summed E-state index contributed by atoms with van der Waals surface area (Å²) in [5, 5.41) is 2.30. The fourth-order valence-corrected chi connectivity index (χ4v) is 3.02. The number of benzene rings is 3. The van der Waals surface area contributed by atoms with Crippen LogP contribution in [0.2, 0.25) is 0 Å². The van der Waals surface area contributed by atoms with E-state index in [1.165, 1.54) is 5.39 Å². The van der Waals surface area contributed by atoms with E-state index in [9.17, 15) is 0 Å². The van der Waals surface area contributed by atoms with Crippen molar-refractivity contribution in [2.24, 2.45) is 0 Å². The van der Waals surface area contributed by atoms with E-state index in [1.54, 1.807) is 0 Å². The SMILES string of the molecule is c1ccc(OCC2(c3cccc4ccccc34)OCCO2)cc1. The number of hydrogen-bond acceptors (Lipinski definition) is 3. The molecule has 0 amide bonds. The molecule has 3 heteroatoms. The lowest BCUT2D eigenvalue weighted by Gasteiger charge is -2.29. The van der Waals surface area contributed by atoms with Crippen LogP contribution in [0.3, 0.4) is 0 Å². The van der Waals surface area contributed by atoms with Gasteiger partial charge in [-0.2, -0.15) is 0 Å². The van der Waals surface area contributed by atoms with E-state index >= 15 is 0 Å². The Balaban J connectivity index is 1.71. The Morgan fingerprint density at radius 3 is 2.30 bits per heavy atom. The minimum absolute atomic E-state index is 0.324. The van der Waals surface area contributed by atoms with Crippen LogP contribution in [0.4, 0.5) is 0 Å². The molecule has 0 aromatic heterocycles. The number of ether oxygens (including phenoxy) is 3. The molecule has 0 radical (unpaired) electrons. The van der Waals surface area contributed by atoms with E-state index in [0.717, 1.165) is 16.7 Å². The Morgan fingerprint density at radius 1 is 0.783 bits per heavy atom. The summed E-state index contributed by atoms with van der Waals surface area (Å²) in [5.74, 6) is -0.0392. The summed E-state index contributed by atoms with van der Waals surface area (Å²) in [6, 6.07) is 24.2. The van der Waals surface area contributed by atoms with Crippen molar-refractivity contribution in [2.75, 3.05) is 19.8 Å². The van der Waals surface area contributed by atoms with Crippen molar-refractivity contribution in [1.82, 2.24) is 0 Å². The zero-order valence-electron chi connectivity index (χ0n) is 12.8. The largest absolute Gasteiger partial charge is 0.488 e. The summed E-state index contributed by atoms with van der Waals surface area (Å²) < 4.78 is 18.0. The Kier molecular flexibility index (Phi) is 3.74. The molecule has 0 unspecified atom stereocenters. The molecular formula is C20H18O3.